The van der Waals surface area contributed by atoms with Crippen LogP contribution in [0.25, 0.3) is 5.57 Å². The smallest absolute Gasteiger partial charge is 0.333 e. The molecule has 2 aromatic rings. The number of fused-ring (bicyclic) bond motifs is 1. The van der Waals surface area contributed by atoms with Gasteiger partial charge < -0.3 is 4.74 Å². The molecule has 2 aromatic carbocycles. The van der Waals surface area contributed by atoms with E-state index in [0.29, 0.717) is 28.0 Å². The molecule has 8 heteroatoms. The monoisotopic (exact) mass is 381 g/mol. The van der Waals surface area contributed by atoms with Crippen molar-refractivity contribution in [1.29, 1.82) is 0 Å². The molecular weight excluding hydrogens is 364 g/mol. The van der Waals surface area contributed by atoms with Gasteiger partial charge in [0.25, 0.3) is 0 Å². The molecule has 26 heavy (non-hydrogen) atoms. The van der Waals surface area contributed by atoms with Crippen LogP contribution in [-0.2, 0) is 21.1 Å². The normalized spacial score (nSPS) is 16.2. The molecule has 0 aromatic heterocycles. The molecule has 1 aliphatic heterocycles. The number of hydrogen-bond donors (Lipinski definition) is 1. The zero-order valence-electron chi connectivity index (χ0n) is 14.1. The van der Waals surface area contributed by atoms with Crippen molar-refractivity contribution in [2.24, 2.45) is 5.14 Å². The Morgan fingerprint density at radius 1 is 1.12 bits per heavy atom. The zero-order chi connectivity index (χ0) is 19.1. The fourth-order valence-corrected chi connectivity index (χ4v) is 3.04. The molecule has 1 heterocycles. The minimum absolute atomic E-state index is 0.270. The highest BCUT2D eigenvalue weighted by Crippen LogP contribution is 2.44. The SMILES string of the molecule is CC1(C)Oc2cc(COS(N)(=O)=O)ccc2C(c2ccc(F)cc2)=C1F. The summed E-state index contributed by atoms with van der Waals surface area (Å²) in [6, 6.07) is 10.3. The van der Waals surface area contributed by atoms with E-state index in [2.05, 4.69) is 4.18 Å². The Bertz CT molecular complexity index is 983. The van der Waals surface area contributed by atoms with Crippen LogP contribution in [0.5, 0.6) is 5.75 Å². The molecule has 0 amide bonds. The molecule has 0 unspecified atom stereocenters. The maximum absolute atomic E-state index is 15.0. The molecule has 138 valence electrons. The Morgan fingerprint density at radius 3 is 2.38 bits per heavy atom. The van der Waals surface area contributed by atoms with Crippen molar-refractivity contribution in [3.05, 3.63) is 70.8 Å². The molecule has 0 atom stereocenters. The van der Waals surface area contributed by atoms with Gasteiger partial charge in [0.2, 0.25) is 0 Å². The molecule has 1 aliphatic rings. The van der Waals surface area contributed by atoms with Crippen LogP contribution in [0.3, 0.4) is 0 Å². The molecule has 2 N–H and O–H groups in total. The van der Waals surface area contributed by atoms with Gasteiger partial charge in [0.1, 0.15) is 11.6 Å². The van der Waals surface area contributed by atoms with Gasteiger partial charge in [0.05, 0.1) is 6.61 Å². The van der Waals surface area contributed by atoms with E-state index in [1.54, 1.807) is 32.0 Å². The Balaban J connectivity index is 2.07. The second-order valence-electron chi connectivity index (χ2n) is 6.39. The summed E-state index contributed by atoms with van der Waals surface area (Å²) < 4.78 is 60.4. The van der Waals surface area contributed by atoms with Crippen molar-refractivity contribution < 1.29 is 26.1 Å². The molecule has 0 fully saturated rings. The van der Waals surface area contributed by atoms with Crippen molar-refractivity contribution in [1.82, 2.24) is 0 Å². The summed E-state index contributed by atoms with van der Waals surface area (Å²) in [5.41, 5.74) is 0.545. The molecular formula is C18H17F2NO4S. The minimum atomic E-state index is -4.08. The fourth-order valence-electron chi connectivity index (χ4n) is 2.74. The van der Waals surface area contributed by atoms with Crippen LogP contribution in [-0.4, -0.2) is 14.0 Å². The molecule has 0 bridgehead atoms. The number of rotatable bonds is 4. The average Bonchev–Trinajstić information content (AvgIpc) is 2.54. The predicted molar refractivity (Wildman–Crippen MR) is 92.6 cm³/mol. The fraction of sp³-hybridized carbons (Fsp3) is 0.222. The maximum Gasteiger partial charge on any atom is 0.333 e. The second kappa shape index (κ2) is 6.46. The maximum atomic E-state index is 15.0. The molecule has 0 aliphatic carbocycles. The molecule has 0 spiro atoms. The highest BCUT2D eigenvalue weighted by atomic mass is 32.2. The standard InChI is InChI=1S/C18H17F2NO4S/c1-18(2)17(20)16(12-4-6-13(19)7-5-12)14-8-3-11(9-15(14)25-18)10-24-26(21,22)23/h3-9H,10H2,1-2H3,(H2,21,22,23). The van der Waals surface area contributed by atoms with Crippen molar-refractivity contribution >= 4 is 15.9 Å². The molecule has 3 rings (SSSR count). The highest BCUT2D eigenvalue weighted by molar-refractivity contribution is 7.84. The Kier molecular flexibility index (Phi) is 4.60. The van der Waals surface area contributed by atoms with Crippen LogP contribution in [0, 0.1) is 5.82 Å². The van der Waals surface area contributed by atoms with Gasteiger partial charge in [0, 0.05) is 11.1 Å². The average molecular weight is 381 g/mol. The van der Waals surface area contributed by atoms with Crippen LogP contribution < -0.4 is 9.88 Å². The van der Waals surface area contributed by atoms with Crippen LogP contribution >= 0.6 is 0 Å². The molecule has 5 nitrogen and oxygen atoms in total. The zero-order valence-corrected chi connectivity index (χ0v) is 14.9. The molecule has 0 saturated heterocycles. The van der Waals surface area contributed by atoms with Crippen molar-refractivity contribution in [3.63, 3.8) is 0 Å². The van der Waals surface area contributed by atoms with E-state index in [1.165, 1.54) is 24.3 Å². The van der Waals surface area contributed by atoms with E-state index in [1.807, 2.05) is 0 Å². The van der Waals surface area contributed by atoms with Crippen LogP contribution in [0.1, 0.15) is 30.5 Å². The third kappa shape index (κ3) is 3.77. The summed E-state index contributed by atoms with van der Waals surface area (Å²) in [7, 11) is -4.08. The summed E-state index contributed by atoms with van der Waals surface area (Å²) in [6.07, 6.45) is 0. The van der Waals surface area contributed by atoms with Crippen molar-refractivity contribution in [3.8, 4) is 5.75 Å². The molecule has 0 radical (unpaired) electrons. The summed E-state index contributed by atoms with van der Waals surface area (Å²) in [4.78, 5) is 0. The first-order valence-corrected chi connectivity index (χ1v) is 9.19. The van der Waals surface area contributed by atoms with Crippen LogP contribution in [0.4, 0.5) is 8.78 Å². The first kappa shape index (κ1) is 18.5. The van der Waals surface area contributed by atoms with Gasteiger partial charge in [-0.25, -0.2) is 13.9 Å². The summed E-state index contributed by atoms with van der Waals surface area (Å²) in [5, 5.41) is 4.82. The lowest BCUT2D eigenvalue weighted by molar-refractivity contribution is 0.117. The lowest BCUT2D eigenvalue weighted by Crippen LogP contribution is -2.33. The second-order valence-corrected chi connectivity index (χ2v) is 7.62. The lowest BCUT2D eigenvalue weighted by atomic mass is 9.88. The van der Waals surface area contributed by atoms with E-state index < -0.39 is 27.5 Å². The van der Waals surface area contributed by atoms with E-state index >= 15 is 4.39 Å². The highest BCUT2D eigenvalue weighted by Gasteiger charge is 2.36. The quantitative estimate of drug-likeness (QED) is 0.880. The van der Waals surface area contributed by atoms with Gasteiger partial charge in [-0.3, -0.25) is 4.18 Å². The van der Waals surface area contributed by atoms with Gasteiger partial charge in [0.15, 0.2) is 11.4 Å². The van der Waals surface area contributed by atoms with E-state index in [4.69, 9.17) is 9.88 Å². The van der Waals surface area contributed by atoms with Crippen LogP contribution in [0.15, 0.2) is 48.3 Å². The van der Waals surface area contributed by atoms with Gasteiger partial charge in [-0.1, -0.05) is 24.3 Å². The lowest BCUT2D eigenvalue weighted by Gasteiger charge is -2.33. The largest absolute Gasteiger partial charge is 0.480 e. The third-order valence-electron chi connectivity index (χ3n) is 3.95. The number of ether oxygens (including phenoxy) is 1. The first-order valence-electron chi connectivity index (χ1n) is 7.72. The van der Waals surface area contributed by atoms with Gasteiger partial charge in [-0.15, -0.1) is 0 Å². The van der Waals surface area contributed by atoms with Gasteiger partial charge >= 0.3 is 10.3 Å². The first-order chi connectivity index (χ1) is 12.1. The number of hydrogen-bond acceptors (Lipinski definition) is 4. The van der Waals surface area contributed by atoms with E-state index in [-0.39, 0.29) is 6.61 Å². The number of halogens is 2. The summed E-state index contributed by atoms with van der Waals surface area (Å²) in [6.45, 7) is 2.87. The minimum Gasteiger partial charge on any atom is -0.480 e. The Hall–Kier alpha value is -2.29. The third-order valence-corrected chi connectivity index (χ3v) is 4.40. The predicted octanol–water partition coefficient (Wildman–Crippen LogP) is 3.45. The van der Waals surface area contributed by atoms with Crippen LogP contribution in [0.2, 0.25) is 0 Å². The Labute approximate surface area is 150 Å². The number of benzene rings is 2. The van der Waals surface area contributed by atoms with Crippen molar-refractivity contribution in [2.45, 2.75) is 26.1 Å². The number of nitrogens with two attached hydrogens (primary N) is 1. The van der Waals surface area contributed by atoms with Gasteiger partial charge in [-0.05, 0) is 43.2 Å². The topological polar surface area (TPSA) is 78.6 Å². The summed E-state index contributed by atoms with van der Waals surface area (Å²) >= 11 is 0. The van der Waals surface area contributed by atoms with E-state index in [0.717, 1.165) is 0 Å². The Morgan fingerprint density at radius 2 is 1.77 bits per heavy atom. The van der Waals surface area contributed by atoms with E-state index in [9.17, 15) is 12.8 Å². The van der Waals surface area contributed by atoms with Gasteiger partial charge in [-0.2, -0.15) is 8.42 Å². The molecule has 0 saturated carbocycles. The van der Waals surface area contributed by atoms with Crippen molar-refractivity contribution in [2.75, 3.05) is 0 Å². The summed E-state index contributed by atoms with van der Waals surface area (Å²) in [5.74, 6) is -0.534.